The SMILES string of the molecule is COCCNCc1c(OC)nsc1OC. The van der Waals surface area contributed by atoms with Crippen molar-refractivity contribution < 1.29 is 14.2 Å². The van der Waals surface area contributed by atoms with Crippen LogP contribution < -0.4 is 14.8 Å². The predicted octanol–water partition coefficient (Wildman–Crippen LogP) is 0.896. The fourth-order valence-electron chi connectivity index (χ4n) is 1.14. The van der Waals surface area contributed by atoms with Crippen molar-refractivity contribution in [3.8, 4) is 10.9 Å². The maximum Gasteiger partial charge on any atom is 0.233 e. The standard InChI is InChI=1S/C9H16N2O3S/c1-12-5-4-10-6-7-8(13-2)11-15-9(7)14-3/h10H,4-6H2,1-3H3. The Morgan fingerprint density at radius 2 is 2.07 bits per heavy atom. The van der Waals surface area contributed by atoms with Gasteiger partial charge in [-0.2, -0.15) is 4.37 Å². The molecule has 0 spiro atoms. The van der Waals surface area contributed by atoms with Gasteiger partial charge >= 0.3 is 0 Å². The van der Waals surface area contributed by atoms with E-state index in [4.69, 9.17) is 14.2 Å². The maximum atomic E-state index is 5.19. The lowest BCUT2D eigenvalue weighted by Crippen LogP contribution is -2.18. The number of hydrogen-bond donors (Lipinski definition) is 1. The second-order valence-electron chi connectivity index (χ2n) is 2.83. The minimum Gasteiger partial charge on any atom is -0.486 e. The number of nitrogens with zero attached hydrogens (tertiary/aromatic N) is 1. The zero-order valence-corrected chi connectivity index (χ0v) is 10.0. The van der Waals surface area contributed by atoms with Crippen LogP contribution >= 0.6 is 11.5 Å². The molecular formula is C9H16N2O3S. The molecule has 0 atom stereocenters. The molecular weight excluding hydrogens is 216 g/mol. The monoisotopic (exact) mass is 232 g/mol. The molecule has 1 heterocycles. The summed E-state index contributed by atoms with van der Waals surface area (Å²) >= 11 is 1.30. The van der Waals surface area contributed by atoms with Gasteiger partial charge in [0.25, 0.3) is 0 Å². The zero-order chi connectivity index (χ0) is 11.1. The van der Waals surface area contributed by atoms with E-state index in [1.54, 1.807) is 21.3 Å². The quantitative estimate of drug-likeness (QED) is 0.708. The molecule has 5 nitrogen and oxygen atoms in total. The van der Waals surface area contributed by atoms with Crippen LogP contribution in [0.2, 0.25) is 0 Å². The molecule has 1 rings (SSSR count). The Kier molecular flexibility index (Phi) is 5.38. The first-order chi connectivity index (χ1) is 7.33. The highest BCUT2D eigenvalue weighted by molar-refractivity contribution is 7.08. The highest BCUT2D eigenvalue weighted by Gasteiger charge is 2.14. The topological polar surface area (TPSA) is 52.6 Å². The Morgan fingerprint density at radius 1 is 1.27 bits per heavy atom. The van der Waals surface area contributed by atoms with Crippen LogP contribution in [0.25, 0.3) is 0 Å². The molecule has 0 unspecified atom stereocenters. The van der Waals surface area contributed by atoms with Crippen LogP contribution in [0.3, 0.4) is 0 Å². The van der Waals surface area contributed by atoms with Crippen molar-refractivity contribution in [3.05, 3.63) is 5.56 Å². The summed E-state index contributed by atoms with van der Waals surface area (Å²) in [5.74, 6) is 0.627. The summed E-state index contributed by atoms with van der Waals surface area (Å²) < 4.78 is 19.4. The molecule has 0 amide bonds. The van der Waals surface area contributed by atoms with E-state index in [2.05, 4.69) is 9.69 Å². The summed E-state index contributed by atoms with van der Waals surface area (Å²) in [6, 6.07) is 0. The second kappa shape index (κ2) is 6.60. The third kappa shape index (κ3) is 3.33. The molecule has 15 heavy (non-hydrogen) atoms. The lowest BCUT2D eigenvalue weighted by atomic mass is 10.3. The van der Waals surface area contributed by atoms with E-state index in [9.17, 15) is 0 Å². The van der Waals surface area contributed by atoms with Crippen molar-refractivity contribution in [2.45, 2.75) is 6.54 Å². The van der Waals surface area contributed by atoms with Crippen molar-refractivity contribution >= 4 is 11.5 Å². The van der Waals surface area contributed by atoms with Gasteiger partial charge in [-0.1, -0.05) is 0 Å². The van der Waals surface area contributed by atoms with Crippen molar-refractivity contribution in [1.29, 1.82) is 0 Å². The first-order valence-electron chi connectivity index (χ1n) is 4.59. The summed E-state index contributed by atoms with van der Waals surface area (Å²) in [6.45, 7) is 2.15. The first kappa shape index (κ1) is 12.2. The lowest BCUT2D eigenvalue weighted by molar-refractivity contribution is 0.199. The van der Waals surface area contributed by atoms with Crippen LogP contribution in [-0.2, 0) is 11.3 Å². The molecule has 0 aromatic carbocycles. The minimum atomic E-state index is 0.627. The van der Waals surface area contributed by atoms with E-state index >= 15 is 0 Å². The van der Waals surface area contributed by atoms with Crippen molar-refractivity contribution in [2.24, 2.45) is 0 Å². The molecule has 0 saturated heterocycles. The number of methoxy groups -OCH3 is 3. The van der Waals surface area contributed by atoms with Crippen molar-refractivity contribution in [2.75, 3.05) is 34.5 Å². The third-order valence-corrected chi connectivity index (χ3v) is 2.72. The highest BCUT2D eigenvalue weighted by Crippen LogP contribution is 2.31. The van der Waals surface area contributed by atoms with Crippen LogP contribution in [0.15, 0.2) is 0 Å². The van der Waals surface area contributed by atoms with Gasteiger partial charge in [-0.25, -0.2) is 0 Å². The van der Waals surface area contributed by atoms with Gasteiger partial charge in [0.2, 0.25) is 10.9 Å². The maximum absolute atomic E-state index is 5.19. The average molecular weight is 232 g/mol. The Bertz CT molecular complexity index is 269. The van der Waals surface area contributed by atoms with Gasteiger partial charge in [-0.05, 0) is 0 Å². The molecule has 0 aliphatic carbocycles. The third-order valence-electron chi connectivity index (χ3n) is 1.88. The van der Waals surface area contributed by atoms with Crippen LogP contribution in [0.1, 0.15) is 5.56 Å². The number of hydrogen-bond acceptors (Lipinski definition) is 6. The molecule has 0 radical (unpaired) electrons. The molecule has 1 aromatic heterocycles. The van der Waals surface area contributed by atoms with Gasteiger partial charge in [0, 0.05) is 31.7 Å². The predicted molar refractivity (Wildman–Crippen MR) is 58.8 cm³/mol. The van der Waals surface area contributed by atoms with Crippen LogP contribution in [0.5, 0.6) is 10.9 Å². The van der Waals surface area contributed by atoms with Gasteiger partial charge in [0.1, 0.15) is 0 Å². The fraction of sp³-hybridized carbons (Fsp3) is 0.667. The van der Waals surface area contributed by atoms with Gasteiger partial charge in [-0.3, -0.25) is 0 Å². The van der Waals surface area contributed by atoms with Crippen LogP contribution in [0.4, 0.5) is 0 Å². The average Bonchev–Trinajstić information content (AvgIpc) is 2.66. The fourth-order valence-corrected chi connectivity index (χ4v) is 1.83. The number of aromatic nitrogens is 1. The Hall–Kier alpha value is -0.850. The molecule has 86 valence electrons. The molecule has 0 aliphatic rings. The molecule has 1 aromatic rings. The smallest absolute Gasteiger partial charge is 0.233 e. The molecule has 1 N–H and O–H groups in total. The number of rotatable bonds is 7. The van der Waals surface area contributed by atoms with E-state index in [-0.39, 0.29) is 0 Å². The summed E-state index contributed by atoms with van der Waals surface area (Å²) in [5, 5.41) is 4.01. The van der Waals surface area contributed by atoms with Gasteiger partial charge in [0.05, 0.1) is 26.4 Å². The van der Waals surface area contributed by atoms with Crippen molar-refractivity contribution in [1.82, 2.24) is 9.69 Å². The zero-order valence-electron chi connectivity index (χ0n) is 9.20. The Labute approximate surface area is 93.5 Å². The first-order valence-corrected chi connectivity index (χ1v) is 5.37. The van der Waals surface area contributed by atoms with E-state index in [0.717, 1.165) is 17.2 Å². The molecule has 0 fully saturated rings. The Balaban J connectivity index is 2.53. The van der Waals surface area contributed by atoms with Gasteiger partial charge < -0.3 is 19.5 Å². The highest BCUT2D eigenvalue weighted by atomic mass is 32.1. The Morgan fingerprint density at radius 3 is 2.67 bits per heavy atom. The molecule has 0 saturated carbocycles. The van der Waals surface area contributed by atoms with E-state index < -0.39 is 0 Å². The summed E-state index contributed by atoms with van der Waals surface area (Å²) in [7, 11) is 4.91. The van der Waals surface area contributed by atoms with E-state index in [0.29, 0.717) is 19.0 Å². The van der Waals surface area contributed by atoms with Crippen molar-refractivity contribution in [3.63, 3.8) is 0 Å². The largest absolute Gasteiger partial charge is 0.486 e. The second-order valence-corrected chi connectivity index (χ2v) is 3.57. The minimum absolute atomic E-state index is 0.627. The number of ether oxygens (including phenoxy) is 3. The van der Waals surface area contributed by atoms with E-state index in [1.807, 2.05) is 0 Å². The molecule has 6 heteroatoms. The molecule has 0 aliphatic heterocycles. The van der Waals surface area contributed by atoms with E-state index in [1.165, 1.54) is 11.5 Å². The van der Waals surface area contributed by atoms with Gasteiger partial charge in [-0.15, -0.1) is 0 Å². The summed E-state index contributed by atoms with van der Waals surface area (Å²) in [6.07, 6.45) is 0. The lowest BCUT2D eigenvalue weighted by Gasteiger charge is -2.05. The summed E-state index contributed by atoms with van der Waals surface area (Å²) in [5.41, 5.74) is 0.959. The van der Waals surface area contributed by atoms with Crippen LogP contribution in [-0.4, -0.2) is 38.9 Å². The molecule has 0 bridgehead atoms. The number of nitrogens with one attached hydrogen (secondary N) is 1. The summed E-state index contributed by atoms with van der Waals surface area (Å²) in [4.78, 5) is 0. The van der Waals surface area contributed by atoms with Crippen LogP contribution in [0, 0.1) is 0 Å². The van der Waals surface area contributed by atoms with Gasteiger partial charge in [0.15, 0.2) is 0 Å². The normalized spacial score (nSPS) is 10.3.